The van der Waals surface area contributed by atoms with E-state index in [0.29, 0.717) is 0 Å². The number of fused-ring (bicyclic) bond motifs is 1. The van der Waals surface area contributed by atoms with Crippen LogP contribution in [0.15, 0.2) is 36.7 Å². The van der Waals surface area contributed by atoms with E-state index in [9.17, 15) is 14.0 Å². The Labute approximate surface area is 107 Å². The Morgan fingerprint density at radius 2 is 1.84 bits per heavy atom. The highest BCUT2D eigenvalue weighted by Crippen LogP contribution is 2.30. The molecule has 0 radical (unpaired) electrons. The van der Waals surface area contributed by atoms with Gasteiger partial charge >= 0.3 is 0 Å². The fourth-order valence-electron chi connectivity index (χ4n) is 2.01. The first-order valence-corrected chi connectivity index (χ1v) is 5.47. The van der Waals surface area contributed by atoms with Gasteiger partial charge < -0.3 is 5.73 Å². The highest BCUT2D eigenvalue weighted by atomic mass is 19.1. The molecule has 0 atom stereocenters. The number of nitrogens with two attached hydrogens (primary N) is 1. The minimum absolute atomic E-state index is 0.111. The molecule has 3 rings (SSSR count). The third-order valence-electron chi connectivity index (χ3n) is 2.90. The smallest absolute Gasteiger partial charge is 0.267 e. The normalized spacial score (nSPS) is 13.8. The van der Waals surface area contributed by atoms with E-state index in [1.807, 2.05) is 0 Å². The Balaban J connectivity index is 2.14. The maximum atomic E-state index is 13.8. The number of hydrogen-bond acceptors (Lipinski definition) is 4. The van der Waals surface area contributed by atoms with Gasteiger partial charge in [0.25, 0.3) is 11.8 Å². The molecule has 0 unspecified atom stereocenters. The summed E-state index contributed by atoms with van der Waals surface area (Å²) in [6.45, 7) is 0. The van der Waals surface area contributed by atoms with E-state index in [-0.39, 0.29) is 22.5 Å². The van der Waals surface area contributed by atoms with Crippen molar-refractivity contribution in [3.05, 3.63) is 53.6 Å². The summed E-state index contributed by atoms with van der Waals surface area (Å²) >= 11 is 0. The van der Waals surface area contributed by atoms with Crippen molar-refractivity contribution in [3.63, 3.8) is 0 Å². The van der Waals surface area contributed by atoms with Crippen molar-refractivity contribution in [2.75, 3.05) is 10.6 Å². The van der Waals surface area contributed by atoms with E-state index in [0.717, 1.165) is 11.0 Å². The van der Waals surface area contributed by atoms with Gasteiger partial charge in [0.15, 0.2) is 0 Å². The van der Waals surface area contributed by atoms with Crippen molar-refractivity contribution < 1.29 is 14.0 Å². The van der Waals surface area contributed by atoms with Crippen LogP contribution < -0.4 is 10.6 Å². The lowest BCUT2D eigenvalue weighted by atomic mass is 10.2. The minimum Gasteiger partial charge on any atom is -0.399 e. The van der Waals surface area contributed by atoms with E-state index >= 15 is 0 Å². The zero-order valence-electron chi connectivity index (χ0n) is 9.63. The maximum absolute atomic E-state index is 13.8. The molecule has 1 aliphatic rings. The second-order valence-electron chi connectivity index (χ2n) is 4.08. The average molecular weight is 257 g/mol. The van der Waals surface area contributed by atoms with Gasteiger partial charge in [0.2, 0.25) is 0 Å². The number of rotatable bonds is 1. The van der Waals surface area contributed by atoms with Crippen molar-refractivity contribution >= 4 is 23.2 Å². The molecule has 0 fully saturated rings. The number of aromatic nitrogens is 1. The van der Waals surface area contributed by atoms with Crippen LogP contribution in [0.3, 0.4) is 0 Å². The number of imide groups is 1. The van der Waals surface area contributed by atoms with Gasteiger partial charge in [-0.15, -0.1) is 0 Å². The number of carbonyl (C=O) groups is 2. The molecular weight excluding hydrogens is 249 g/mol. The Morgan fingerprint density at radius 1 is 1.11 bits per heavy atom. The quantitative estimate of drug-likeness (QED) is 0.622. The second-order valence-corrected chi connectivity index (χ2v) is 4.08. The van der Waals surface area contributed by atoms with Crippen molar-refractivity contribution in [1.82, 2.24) is 4.98 Å². The molecule has 1 aromatic heterocycles. The van der Waals surface area contributed by atoms with E-state index in [1.165, 1.54) is 30.6 Å². The lowest BCUT2D eigenvalue weighted by Crippen LogP contribution is -2.30. The summed E-state index contributed by atoms with van der Waals surface area (Å²) in [5, 5.41) is 0. The molecule has 0 bridgehead atoms. The summed E-state index contributed by atoms with van der Waals surface area (Å²) in [4.78, 5) is 28.8. The van der Waals surface area contributed by atoms with Crippen LogP contribution in [-0.4, -0.2) is 16.8 Å². The zero-order valence-corrected chi connectivity index (χ0v) is 9.63. The Bertz CT molecular complexity index is 680. The molecule has 2 amide bonds. The molecule has 2 N–H and O–H groups in total. The number of halogens is 1. The molecule has 2 aromatic rings. The van der Waals surface area contributed by atoms with Crippen molar-refractivity contribution in [3.8, 4) is 0 Å². The molecular formula is C13H8FN3O2. The summed E-state index contributed by atoms with van der Waals surface area (Å²) in [5.41, 5.74) is 5.94. The minimum atomic E-state index is -0.720. The van der Waals surface area contributed by atoms with Crippen molar-refractivity contribution in [2.45, 2.75) is 0 Å². The predicted molar refractivity (Wildman–Crippen MR) is 66.2 cm³/mol. The van der Waals surface area contributed by atoms with Crippen LogP contribution in [0, 0.1) is 5.82 Å². The number of amides is 2. The van der Waals surface area contributed by atoms with Crippen LogP contribution >= 0.6 is 0 Å². The van der Waals surface area contributed by atoms with Crippen molar-refractivity contribution in [2.24, 2.45) is 0 Å². The van der Waals surface area contributed by atoms with Gasteiger partial charge in [0.1, 0.15) is 5.82 Å². The number of carbonyl (C=O) groups excluding carboxylic acids is 2. The Morgan fingerprint density at radius 3 is 2.53 bits per heavy atom. The first kappa shape index (κ1) is 11.3. The van der Waals surface area contributed by atoms with Crippen LogP contribution in [0.2, 0.25) is 0 Å². The molecule has 0 saturated heterocycles. The third kappa shape index (κ3) is 1.57. The van der Waals surface area contributed by atoms with Crippen LogP contribution in [-0.2, 0) is 0 Å². The van der Waals surface area contributed by atoms with Crippen LogP contribution in [0.25, 0.3) is 0 Å². The maximum Gasteiger partial charge on any atom is 0.267 e. The molecule has 0 spiro atoms. The predicted octanol–water partition coefficient (Wildman–Crippen LogP) is 1.60. The number of pyridine rings is 1. The average Bonchev–Trinajstić information content (AvgIpc) is 2.64. The van der Waals surface area contributed by atoms with E-state index < -0.39 is 17.6 Å². The summed E-state index contributed by atoms with van der Waals surface area (Å²) in [5.74, 6) is -1.87. The fourth-order valence-corrected chi connectivity index (χ4v) is 2.01. The van der Waals surface area contributed by atoms with Gasteiger partial charge in [-0.1, -0.05) is 0 Å². The molecule has 94 valence electrons. The molecule has 19 heavy (non-hydrogen) atoms. The van der Waals surface area contributed by atoms with E-state index in [4.69, 9.17) is 5.73 Å². The van der Waals surface area contributed by atoms with Gasteiger partial charge in [0.05, 0.1) is 16.8 Å². The fraction of sp³-hybridized carbons (Fsp3) is 0. The number of benzene rings is 1. The summed E-state index contributed by atoms with van der Waals surface area (Å²) < 4.78 is 13.8. The van der Waals surface area contributed by atoms with Gasteiger partial charge in [-0.25, -0.2) is 9.29 Å². The second kappa shape index (κ2) is 3.88. The summed E-state index contributed by atoms with van der Waals surface area (Å²) in [6.07, 6.45) is 2.71. The highest BCUT2D eigenvalue weighted by molar-refractivity contribution is 6.34. The summed E-state index contributed by atoms with van der Waals surface area (Å²) in [7, 11) is 0. The first-order valence-electron chi connectivity index (χ1n) is 5.47. The van der Waals surface area contributed by atoms with Crippen LogP contribution in [0.4, 0.5) is 15.8 Å². The number of nitrogen functional groups attached to an aromatic ring is 1. The Hall–Kier alpha value is -2.76. The topological polar surface area (TPSA) is 76.3 Å². The van der Waals surface area contributed by atoms with E-state index in [2.05, 4.69) is 4.98 Å². The molecule has 6 heteroatoms. The van der Waals surface area contributed by atoms with Gasteiger partial charge in [-0.05, 0) is 24.3 Å². The molecule has 0 saturated carbocycles. The van der Waals surface area contributed by atoms with Crippen molar-refractivity contribution in [1.29, 1.82) is 0 Å². The Kier molecular flexibility index (Phi) is 2.31. The standard InChI is InChI=1S/C13H8FN3O2/c14-10-5-7(15)1-2-11(10)17-12(18)8-3-4-16-6-9(8)13(17)19/h1-6H,15H2. The largest absolute Gasteiger partial charge is 0.399 e. The van der Waals surface area contributed by atoms with Gasteiger partial charge in [-0.2, -0.15) is 0 Å². The molecule has 1 aromatic carbocycles. The van der Waals surface area contributed by atoms with E-state index in [1.54, 1.807) is 0 Å². The SMILES string of the molecule is Nc1ccc(N2C(=O)c3ccncc3C2=O)c(F)c1. The van der Waals surface area contributed by atoms with Gasteiger partial charge in [0, 0.05) is 18.1 Å². The first-order chi connectivity index (χ1) is 9.09. The molecule has 5 nitrogen and oxygen atoms in total. The molecule has 1 aliphatic heterocycles. The summed E-state index contributed by atoms with van der Waals surface area (Å²) in [6, 6.07) is 5.24. The number of nitrogens with zero attached hydrogens (tertiary/aromatic N) is 2. The number of anilines is 2. The van der Waals surface area contributed by atoms with Crippen LogP contribution in [0.1, 0.15) is 20.7 Å². The van der Waals surface area contributed by atoms with Crippen LogP contribution in [0.5, 0.6) is 0 Å². The number of hydrogen-bond donors (Lipinski definition) is 1. The lowest BCUT2D eigenvalue weighted by molar-refractivity contribution is 0.0925. The highest BCUT2D eigenvalue weighted by Gasteiger charge is 2.37. The monoisotopic (exact) mass is 257 g/mol. The van der Waals surface area contributed by atoms with Gasteiger partial charge in [-0.3, -0.25) is 14.6 Å². The molecule has 2 heterocycles. The molecule has 0 aliphatic carbocycles. The zero-order chi connectivity index (χ0) is 13.6. The lowest BCUT2D eigenvalue weighted by Gasteiger charge is -2.14. The third-order valence-corrected chi connectivity index (χ3v) is 2.90.